The molecular weight excluding hydrogens is 250 g/mol. The van der Waals surface area contributed by atoms with Gasteiger partial charge in [-0.15, -0.1) is 11.3 Å². The van der Waals surface area contributed by atoms with Gasteiger partial charge in [0.25, 0.3) is 0 Å². The number of esters is 1. The van der Waals surface area contributed by atoms with Crippen molar-refractivity contribution in [3.05, 3.63) is 22.2 Å². The molecule has 0 unspecified atom stereocenters. The zero-order valence-corrected chi connectivity index (χ0v) is 11.6. The van der Waals surface area contributed by atoms with Gasteiger partial charge in [0, 0.05) is 18.1 Å². The number of aryl methyl sites for hydroxylation is 1. The number of hydrogen-bond donors (Lipinski definition) is 2. The zero-order valence-electron chi connectivity index (χ0n) is 10.7. The van der Waals surface area contributed by atoms with E-state index in [-0.39, 0.29) is 5.97 Å². The van der Waals surface area contributed by atoms with Crippen LogP contribution in [0.1, 0.15) is 21.6 Å². The third-order valence-corrected chi connectivity index (χ3v) is 3.66. The Labute approximate surface area is 109 Å². The minimum atomic E-state index is -0.323. The van der Waals surface area contributed by atoms with Crippen molar-refractivity contribution in [3.63, 3.8) is 0 Å². The Hall–Kier alpha value is -1.82. The molecule has 0 aromatic carbocycles. The highest BCUT2D eigenvalue weighted by molar-refractivity contribution is 7.14. The number of nitrogens with one attached hydrogen (secondary N) is 2. The minimum Gasteiger partial charge on any atom is -0.465 e. The lowest BCUT2D eigenvalue weighted by atomic mass is 10.1. The number of nitrogens with zero attached hydrogens (tertiary/aromatic N) is 1. The number of carbonyl (C=O) groups is 1. The Kier molecular flexibility index (Phi) is 3.38. The summed E-state index contributed by atoms with van der Waals surface area (Å²) in [4.78, 5) is 19.3. The predicted molar refractivity (Wildman–Crippen MR) is 72.3 cm³/mol. The van der Waals surface area contributed by atoms with Gasteiger partial charge in [0.05, 0.1) is 18.4 Å². The van der Waals surface area contributed by atoms with E-state index in [1.165, 1.54) is 18.4 Å². The van der Waals surface area contributed by atoms with Gasteiger partial charge in [0.1, 0.15) is 5.69 Å². The molecule has 96 valence electrons. The predicted octanol–water partition coefficient (Wildman–Crippen LogP) is 2.58. The highest BCUT2D eigenvalue weighted by Crippen LogP contribution is 2.30. The summed E-state index contributed by atoms with van der Waals surface area (Å²) in [5, 5.41) is 5.79. The van der Waals surface area contributed by atoms with Crippen LogP contribution in [0.5, 0.6) is 0 Å². The number of anilines is 1. The molecule has 2 heterocycles. The Bertz CT molecular complexity index is 586. The maximum absolute atomic E-state index is 11.7. The average Bonchev–Trinajstić information content (AvgIpc) is 2.93. The van der Waals surface area contributed by atoms with Crippen molar-refractivity contribution in [2.75, 3.05) is 19.5 Å². The fourth-order valence-corrected chi connectivity index (χ4v) is 2.58. The highest BCUT2D eigenvalue weighted by atomic mass is 32.1. The van der Waals surface area contributed by atoms with Crippen LogP contribution in [0.2, 0.25) is 0 Å². The van der Waals surface area contributed by atoms with E-state index in [1.54, 1.807) is 0 Å². The van der Waals surface area contributed by atoms with Gasteiger partial charge in [-0.25, -0.2) is 9.78 Å². The molecule has 2 aromatic heterocycles. The second-order valence-corrected chi connectivity index (χ2v) is 4.76. The maximum Gasteiger partial charge on any atom is 0.339 e. The summed E-state index contributed by atoms with van der Waals surface area (Å²) in [5.41, 5.74) is 3.96. The van der Waals surface area contributed by atoms with Crippen LogP contribution in [-0.2, 0) is 4.74 Å². The molecule has 0 saturated heterocycles. The summed E-state index contributed by atoms with van der Waals surface area (Å²) in [6, 6.07) is 0. The van der Waals surface area contributed by atoms with Crippen molar-refractivity contribution in [2.45, 2.75) is 13.8 Å². The summed E-state index contributed by atoms with van der Waals surface area (Å²) >= 11 is 1.52. The first-order chi connectivity index (χ1) is 8.58. The molecule has 0 bridgehead atoms. The molecule has 5 nitrogen and oxygen atoms in total. The summed E-state index contributed by atoms with van der Waals surface area (Å²) < 4.78 is 4.78. The van der Waals surface area contributed by atoms with E-state index in [0.29, 0.717) is 5.56 Å². The second-order valence-electron chi connectivity index (χ2n) is 3.90. The van der Waals surface area contributed by atoms with E-state index in [1.807, 2.05) is 26.3 Å². The highest BCUT2D eigenvalue weighted by Gasteiger charge is 2.20. The summed E-state index contributed by atoms with van der Waals surface area (Å²) in [6.45, 7) is 3.75. The van der Waals surface area contributed by atoms with E-state index in [0.717, 1.165) is 27.8 Å². The lowest BCUT2D eigenvalue weighted by Gasteiger charge is -1.99. The quantitative estimate of drug-likeness (QED) is 0.837. The molecular formula is C12H15N3O2S. The van der Waals surface area contributed by atoms with Crippen LogP contribution >= 0.6 is 11.3 Å². The van der Waals surface area contributed by atoms with Gasteiger partial charge in [0.2, 0.25) is 0 Å². The molecule has 0 saturated carbocycles. The number of ether oxygens (including phenoxy) is 1. The minimum absolute atomic E-state index is 0.323. The Morgan fingerprint density at radius 1 is 1.50 bits per heavy atom. The van der Waals surface area contributed by atoms with Gasteiger partial charge in [0.15, 0.2) is 5.13 Å². The van der Waals surface area contributed by atoms with Crippen LogP contribution in [0.25, 0.3) is 11.4 Å². The van der Waals surface area contributed by atoms with Gasteiger partial charge in [-0.2, -0.15) is 0 Å². The molecule has 0 aliphatic rings. The summed E-state index contributed by atoms with van der Waals surface area (Å²) in [6.07, 6.45) is 0. The fourth-order valence-electron chi connectivity index (χ4n) is 1.92. The van der Waals surface area contributed by atoms with Gasteiger partial charge in [-0.1, -0.05) is 0 Å². The fraction of sp³-hybridized carbons (Fsp3) is 0.333. The third kappa shape index (κ3) is 1.99. The SMILES string of the molecule is CNc1nc(-c2[nH]c(C)c(C(=O)OC)c2C)cs1. The lowest BCUT2D eigenvalue weighted by molar-refractivity contribution is 0.0599. The molecule has 0 spiro atoms. The van der Waals surface area contributed by atoms with E-state index < -0.39 is 0 Å². The van der Waals surface area contributed by atoms with E-state index in [9.17, 15) is 4.79 Å². The van der Waals surface area contributed by atoms with Gasteiger partial charge < -0.3 is 15.0 Å². The van der Waals surface area contributed by atoms with Crippen LogP contribution in [0, 0.1) is 13.8 Å². The number of rotatable bonds is 3. The molecule has 2 N–H and O–H groups in total. The number of thiazole rings is 1. The smallest absolute Gasteiger partial charge is 0.339 e. The molecule has 18 heavy (non-hydrogen) atoms. The van der Waals surface area contributed by atoms with Crippen LogP contribution < -0.4 is 5.32 Å². The Morgan fingerprint density at radius 2 is 2.22 bits per heavy atom. The first-order valence-corrected chi connectivity index (χ1v) is 6.37. The number of methoxy groups -OCH3 is 1. The maximum atomic E-state index is 11.7. The van der Waals surface area contributed by atoms with Crippen LogP contribution in [-0.4, -0.2) is 30.1 Å². The van der Waals surface area contributed by atoms with E-state index in [2.05, 4.69) is 15.3 Å². The molecule has 0 aliphatic heterocycles. The van der Waals surface area contributed by atoms with Crippen molar-refractivity contribution in [1.29, 1.82) is 0 Å². The largest absolute Gasteiger partial charge is 0.465 e. The van der Waals surface area contributed by atoms with Crippen LogP contribution in [0.3, 0.4) is 0 Å². The molecule has 0 aliphatic carbocycles. The average molecular weight is 265 g/mol. The Balaban J connectivity index is 2.50. The van der Waals surface area contributed by atoms with E-state index in [4.69, 9.17) is 4.74 Å². The monoisotopic (exact) mass is 265 g/mol. The standard InChI is InChI=1S/C12H15N3O2S/c1-6-9(11(16)17-4)7(2)14-10(6)8-5-18-12(13-3)15-8/h5,14H,1-4H3,(H,13,15). The van der Waals surface area contributed by atoms with E-state index >= 15 is 0 Å². The summed E-state index contributed by atoms with van der Waals surface area (Å²) in [7, 11) is 3.21. The van der Waals surface area contributed by atoms with Crippen molar-refractivity contribution in [1.82, 2.24) is 9.97 Å². The number of aromatic amines is 1. The first-order valence-electron chi connectivity index (χ1n) is 5.49. The molecule has 0 amide bonds. The number of hydrogen-bond acceptors (Lipinski definition) is 5. The molecule has 0 fully saturated rings. The Morgan fingerprint density at radius 3 is 2.78 bits per heavy atom. The molecule has 0 atom stereocenters. The van der Waals surface area contributed by atoms with Gasteiger partial charge in [-0.05, 0) is 19.4 Å². The van der Waals surface area contributed by atoms with Crippen molar-refractivity contribution >= 4 is 22.4 Å². The van der Waals surface area contributed by atoms with Crippen LogP contribution in [0.15, 0.2) is 5.38 Å². The normalized spacial score (nSPS) is 10.4. The molecule has 2 aromatic rings. The molecule has 0 radical (unpaired) electrons. The first kappa shape index (κ1) is 12.6. The number of H-pyrrole nitrogens is 1. The second kappa shape index (κ2) is 4.81. The van der Waals surface area contributed by atoms with Crippen molar-refractivity contribution < 1.29 is 9.53 Å². The number of aromatic nitrogens is 2. The number of carbonyl (C=O) groups excluding carboxylic acids is 1. The van der Waals surface area contributed by atoms with Crippen molar-refractivity contribution in [3.8, 4) is 11.4 Å². The molecule has 2 rings (SSSR count). The summed E-state index contributed by atoms with van der Waals surface area (Å²) in [5.74, 6) is -0.323. The topological polar surface area (TPSA) is 67.0 Å². The zero-order chi connectivity index (χ0) is 13.3. The third-order valence-electron chi connectivity index (χ3n) is 2.80. The van der Waals surface area contributed by atoms with Crippen molar-refractivity contribution in [2.24, 2.45) is 0 Å². The van der Waals surface area contributed by atoms with Gasteiger partial charge in [-0.3, -0.25) is 0 Å². The molecule has 6 heteroatoms. The van der Waals surface area contributed by atoms with Crippen LogP contribution in [0.4, 0.5) is 5.13 Å². The van der Waals surface area contributed by atoms with Gasteiger partial charge >= 0.3 is 5.97 Å². The lowest BCUT2D eigenvalue weighted by Crippen LogP contribution is -2.03.